The first kappa shape index (κ1) is 14.7. The Hall–Kier alpha value is -1.22. The van der Waals surface area contributed by atoms with Gasteiger partial charge in [0.15, 0.2) is 0 Å². The van der Waals surface area contributed by atoms with E-state index in [1.54, 1.807) is 0 Å². The second kappa shape index (κ2) is 7.69. The van der Waals surface area contributed by atoms with E-state index in [0.29, 0.717) is 20.2 Å². The molecule has 1 atom stereocenters. The summed E-state index contributed by atoms with van der Waals surface area (Å²) >= 11 is 2.46. The van der Waals surface area contributed by atoms with Gasteiger partial charge in [0, 0.05) is 0 Å². The number of amidine groups is 1. The van der Waals surface area contributed by atoms with E-state index in [2.05, 4.69) is 64.9 Å². The van der Waals surface area contributed by atoms with Gasteiger partial charge in [0.2, 0.25) is 0 Å². The molecule has 0 aliphatic carbocycles. The van der Waals surface area contributed by atoms with E-state index in [-0.39, 0.29) is 0 Å². The third kappa shape index (κ3) is 4.63. The van der Waals surface area contributed by atoms with Crippen LogP contribution in [0.5, 0.6) is 0 Å². The molecule has 0 amide bonds. The minimum atomic E-state index is 0.559. The normalized spacial score (nSPS) is 17.5. The summed E-state index contributed by atoms with van der Waals surface area (Å²) in [5.41, 5.74) is 1.30. The van der Waals surface area contributed by atoms with Crippen molar-refractivity contribution in [3.63, 3.8) is 0 Å². The molecule has 0 fully saturated rings. The number of rotatable bonds is 5. The number of benzene rings is 2. The Balaban J connectivity index is 1.41. The first-order valence-electron chi connectivity index (χ1n) is 7.07. The third-order valence-electron chi connectivity index (χ3n) is 3.18. The zero-order valence-corrected chi connectivity index (χ0v) is 14.3. The molecule has 2 nitrogen and oxygen atoms in total. The maximum atomic E-state index is 4.62. The Kier molecular flexibility index (Phi) is 5.39. The molecule has 0 bridgehead atoms. The molecular formula is C17H18N2SSe. The van der Waals surface area contributed by atoms with Gasteiger partial charge >= 0.3 is 137 Å². The number of thioether (sulfide) groups is 1. The number of aliphatic imine (C=N–C) groups is 1. The van der Waals surface area contributed by atoms with E-state index in [0.717, 1.165) is 18.3 Å². The average Bonchev–Trinajstić information content (AvgIpc) is 3.01. The van der Waals surface area contributed by atoms with Crippen LogP contribution in [-0.2, 0) is 6.54 Å². The fraction of sp³-hybridized carbons (Fsp3) is 0.235. The fourth-order valence-electron chi connectivity index (χ4n) is 2.08. The van der Waals surface area contributed by atoms with Crippen molar-refractivity contribution in [2.24, 2.45) is 4.99 Å². The van der Waals surface area contributed by atoms with E-state index >= 15 is 0 Å². The van der Waals surface area contributed by atoms with Gasteiger partial charge in [0.25, 0.3) is 0 Å². The predicted octanol–water partition coefficient (Wildman–Crippen LogP) is 2.70. The summed E-state index contributed by atoms with van der Waals surface area (Å²) in [6, 6.07) is 21.3. The second-order valence-corrected chi connectivity index (χ2v) is 8.43. The number of hydrogen-bond acceptors (Lipinski definition) is 3. The van der Waals surface area contributed by atoms with Gasteiger partial charge in [-0.2, -0.15) is 0 Å². The molecule has 2 aromatic carbocycles. The summed E-state index contributed by atoms with van der Waals surface area (Å²) < 4.78 is 1.48. The molecule has 108 valence electrons. The molecular weight excluding hydrogens is 343 g/mol. The maximum absolute atomic E-state index is 4.62. The van der Waals surface area contributed by atoms with Crippen LogP contribution in [0.15, 0.2) is 65.7 Å². The van der Waals surface area contributed by atoms with Crippen molar-refractivity contribution < 1.29 is 0 Å². The van der Waals surface area contributed by atoms with Gasteiger partial charge in [-0.25, -0.2) is 0 Å². The molecule has 1 unspecified atom stereocenters. The summed E-state index contributed by atoms with van der Waals surface area (Å²) in [5, 5.41) is 6.44. The van der Waals surface area contributed by atoms with Crippen molar-refractivity contribution in [2.45, 2.75) is 17.1 Å². The first-order valence-corrected chi connectivity index (χ1v) is 10.0. The van der Waals surface area contributed by atoms with Gasteiger partial charge in [-0.1, -0.05) is 0 Å². The van der Waals surface area contributed by atoms with Gasteiger partial charge in [-0.3, -0.25) is 0 Å². The summed E-state index contributed by atoms with van der Waals surface area (Å²) in [6.45, 7) is 1.82. The molecule has 0 saturated heterocycles. The van der Waals surface area contributed by atoms with Crippen LogP contribution in [0, 0.1) is 0 Å². The second-order valence-electron chi connectivity index (χ2n) is 4.85. The Morgan fingerprint density at radius 2 is 1.76 bits per heavy atom. The zero-order chi connectivity index (χ0) is 14.3. The van der Waals surface area contributed by atoms with E-state index in [9.17, 15) is 0 Å². The molecule has 1 aliphatic heterocycles. The van der Waals surface area contributed by atoms with Crippen molar-refractivity contribution in [1.29, 1.82) is 0 Å². The van der Waals surface area contributed by atoms with Crippen molar-refractivity contribution in [3.05, 3.63) is 66.2 Å². The SMILES string of the molecule is c1ccc(CNC2=NCC(C[Se]c3ccccc3)S2)cc1. The molecule has 1 heterocycles. The summed E-state index contributed by atoms with van der Waals surface area (Å²) in [4.78, 5) is 4.62. The van der Waals surface area contributed by atoms with E-state index in [4.69, 9.17) is 0 Å². The Bertz CT molecular complexity index is 586. The van der Waals surface area contributed by atoms with Crippen molar-refractivity contribution in [1.82, 2.24) is 5.32 Å². The van der Waals surface area contributed by atoms with Crippen LogP contribution >= 0.6 is 11.8 Å². The van der Waals surface area contributed by atoms with Crippen LogP contribution < -0.4 is 9.78 Å². The number of nitrogens with one attached hydrogen (secondary N) is 1. The van der Waals surface area contributed by atoms with Crippen LogP contribution in [0.25, 0.3) is 0 Å². The summed E-state index contributed by atoms with van der Waals surface area (Å²) in [5.74, 6) is 0. The van der Waals surface area contributed by atoms with Gasteiger partial charge in [-0.15, -0.1) is 0 Å². The molecule has 2 aromatic rings. The average molecular weight is 361 g/mol. The Morgan fingerprint density at radius 1 is 1.05 bits per heavy atom. The Labute approximate surface area is 136 Å². The molecule has 0 saturated carbocycles. The van der Waals surface area contributed by atoms with E-state index in [1.165, 1.54) is 15.3 Å². The van der Waals surface area contributed by atoms with Crippen molar-refractivity contribution >= 4 is 36.3 Å². The summed E-state index contributed by atoms with van der Waals surface area (Å²) in [7, 11) is 0. The van der Waals surface area contributed by atoms with E-state index < -0.39 is 0 Å². The molecule has 0 radical (unpaired) electrons. The van der Waals surface area contributed by atoms with Gasteiger partial charge in [0.1, 0.15) is 0 Å². The van der Waals surface area contributed by atoms with Crippen LogP contribution in [0.4, 0.5) is 0 Å². The van der Waals surface area contributed by atoms with Crippen molar-refractivity contribution in [2.75, 3.05) is 6.54 Å². The van der Waals surface area contributed by atoms with Gasteiger partial charge < -0.3 is 0 Å². The molecule has 21 heavy (non-hydrogen) atoms. The van der Waals surface area contributed by atoms with Crippen LogP contribution in [0.3, 0.4) is 0 Å². The predicted molar refractivity (Wildman–Crippen MR) is 93.6 cm³/mol. The first-order chi connectivity index (χ1) is 10.4. The van der Waals surface area contributed by atoms with Crippen LogP contribution in [0.1, 0.15) is 5.56 Å². The van der Waals surface area contributed by atoms with Crippen LogP contribution in [0.2, 0.25) is 5.32 Å². The van der Waals surface area contributed by atoms with Gasteiger partial charge in [0.05, 0.1) is 0 Å². The van der Waals surface area contributed by atoms with E-state index in [1.807, 2.05) is 17.8 Å². The standard InChI is InChI=1S/C17H18N2SSe/c1-3-7-14(8-4-1)11-18-17-19-12-15(20-17)13-21-16-9-5-2-6-10-16/h1-10,15H,11-13H2,(H,18,19). The Morgan fingerprint density at radius 3 is 2.52 bits per heavy atom. The third-order valence-corrected chi connectivity index (χ3v) is 7.27. The number of nitrogens with zero attached hydrogens (tertiary/aromatic N) is 1. The topological polar surface area (TPSA) is 24.4 Å². The molecule has 1 aliphatic rings. The molecule has 0 aromatic heterocycles. The minimum absolute atomic E-state index is 0.559. The summed E-state index contributed by atoms with van der Waals surface area (Å²) in [6.07, 6.45) is 0. The number of hydrogen-bond donors (Lipinski definition) is 1. The fourth-order valence-corrected chi connectivity index (χ4v) is 5.45. The van der Waals surface area contributed by atoms with Crippen LogP contribution in [-0.4, -0.2) is 31.9 Å². The van der Waals surface area contributed by atoms with Gasteiger partial charge in [-0.05, 0) is 0 Å². The van der Waals surface area contributed by atoms with Crippen molar-refractivity contribution in [3.8, 4) is 0 Å². The quantitative estimate of drug-likeness (QED) is 0.829. The molecule has 4 heteroatoms. The monoisotopic (exact) mass is 362 g/mol. The molecule has 1 N–H and O–H groups in total. The zero-order valence-electron chi connectivity index (χ0n) is 11.7. The molecule has 0 spiro atoms. The molecule has 3 rings (SSSR count).